The van der Waals surface area contributed by atoms with Crippen molar-refractivity contribution >= 4 is 36.5 Å². The fourth-order valence-corrected chi connectivity index (χ4v) is 4.86. The molecule has 3 heterocycles. The number of aliphatic imine (C=N–C) groups is 2. The Morgan fingerprint density at radius 1 is 1.21 bits per heavy atom. The largest absolute Gasteiger partial charge is 0.494 e. The zero-order valence-corrected chi connectivity index (χ0v) is 23.1. The summed E-state index contributed by atoms with van der Waals surface area (Å²) in [6, 6.07) is 1.56. The lowest BCUT2D eigenvalue weighted by Gasteiger charge is -2.31. The number of nitrogens with one attached hydrogen (secondary N) is 1. The van der Waals surface area contributed by atoms with Gasteiger partial charge in [-0.25, -0.2) is 28.5 Å². The van der Waals surface area contributed by atoms with Crippen LogP contribution in [0.5, 0.6) is 11.5 Å². The van der Waals surface area contributed by atoms with Gasteiger partial charge in [0.05, 0.1) is 37.7 Å². The number of benzene rings is 1. The summed E-state index contributed by atoms with van der Waals surface area (Å²) >= 11 is 4.75. The van der Waals surface area contributed by atoms with Gasteiger partial charge >= 0.3 is 5.97 Å². The average molecular weight is 563 g/mol. The molecule has 0 bridgehead atoms. The smallest absolute Gasteiger partial charge is 0.341 e. The van der Waals surface area contributed by atoms with E-state index in [1.54, 1.807) is 0 Å². The second-order valence-electron chi connectivity index (χ2n) is 9.51. The first kappa shape index (κ1) is 28.8. The monoisotopic (exact) mass is 562 g/mol. The molecule has 2 aliphatic heterocycles. The predicted octanol–water partition coefficient (Wildman–Crippen LogP) is 3.37. The van der Waals surface area contributed by atoms with E-state index in [4.69, 9.17) is 27.1 Å². The van der Waals surface area contributed by atoms with Crippen molar-refractivity contribution in [1.29, 1.82) is 0 Å². The molecule has 10 nitrogen and oxygen atoms in total. The van der Waals surface area contributed by atoms with Crippen LogP contribution < -0.4 is 14.8 Å². The molecular weight excluding hydrogens is 530 g/mol. The van der Waals surface area contributed by atoms with Gasteiger partial charge in [0.1, 0.15) is 18.6 Å². The molecule has 4 rings (SSSR count). The Bertz CT molecular complexity index is 1250. The van der Waals surface area contributed by atoms with E-state index < -0.39 is 35.3 Å². The fraction of sp³-hybridized carbons (Fsp3) is 0.500. The second kappa shape index (κ2) is 12.8. The van der Waals surface area contributed by atoms with Crippen molar-refractivity contribution in [2.24, 2.45) is 9.98 Å². The van der Waals surface area contributed by atoms with Crippen LogP contribution in [0.2, 0.25) is 0 Å². The van der Waals surface area contributed by atoms with Crippen LogP contribution in [-0.4, -0.2) is 83.6 Å². The summed E-state index contributed by atoms with van der Waals surface area (Å²) in [6.45, 7) is 5.44. The minimum absolute atomic E-state index is 0.0353. The van der Waals surface area contributed by atoms with Gasteiger partial charge in [0, 0.05) is 61.3 Å². The van der Waals surface area contributed by atoms with E-state index in [2.05, 4.69) is 43.8 Å². The van der Waals surface area contributed by atoms with Gasteiger partial charge in [-0.1, -0.05) is 0 Å². The van der Waals surface area contributed by atoms with Gasteiger partial charge < -0.3 is 19.5 Å². The topological polar surface area (TPSA) is 111 Å². The summed E-state index contributed by atoms with van der Waals surface area (Å²) in [7, 11) is 2.31. The minimum atomic E-state index is -1.09. The van der Waals surface area contributed by atoms with Gasteiger partial charge in [-0.2, -0.15) is 12.6 Å². The number of methoxy groups -OCH3 is 2. The van der Waals surface area contributed by atoms with E-state index in [1.165, 1.54) is 19.5 Å². The molecule has 39 heavy (non-hydrogen) atoms. The average Bonchev–Trinajstić information content (AvgIpc) is 3.06. The van der Waals surface area contributed by atoms with Crippen LogP contribution in [0.3, 0.4) is 0 Å². The molecule has 0 spiro atoms. The van der Waals surface area contributed by atoms with E-state index >= 15 is 0 Å². The van der Waals surface area contributed by atoms with Crippen LogP contribution in [0.4, 0.5) is 14.7 Å². The third-order valence-electron chi connectivity index (χ3n) is 6.64. The van der Waals surface area contributed by atoms with Crippen LogP contribution in [-0.2, 0) is 11.3 Å². The van der Waals surface area contributed by atoms with Gasteiger partial charge in [-0.15, -0.1) is 0 Å². The van der Waals surface area contributed by atoms with Crippen molar-refractivity contribution in [2.75, 3.05) is 27.3 Å². The van der Waals surface area contributed by atoms with Crippen LogP contribution in [0.25, 0.3) is 0 Å². The van der Waals surface area contributed by atoms with Gasteiger partial charge in [-0.3, -0.25) is 9.89 Å². The number of nitrogens with zero attached hydrogens (tertiary/aromatic N) is 5. The van der Waals surface area contributed by atoms with Crippen LogP contribution in [0.1, 0.15) is 42.6 Å². The lowest BCUT2D eigenvalue weighted by atomic mass is 10.1. The maximum Gasteiger partial charge on any atom is 0.341 e. The van der Waals surface area contributed by atoms with Gasteiger partial charge in [-0.05, 0) is 13.8 Å². The number of esters is 1. The molecule has 0 aliphatic carbocycles. The first-order valence-electron chi connectivity index (χ1n) is 12.5. The first-order chi connectivity index (χ1) is 18.7. The molecule has 1 fully saturated rings. The summed E-state index contributed by atoms with van der Waals surface area (Å²) in [5.74, 6) is -2.93. The molecule has 1 saturated heterocycles. The molecule has 0 amide bonds. The van der Waals surface area contributed by atoms with Crippen molar-refractivity contribution in [2.45, 2.75) is 56.8 Å². The van der Waals surface area contributed by atoms with E-state index in [0.717, 1.165) is 32.0 Å². The normalized spacial score (nSPS) is 24.8. The third-order valence-corrected chi connectivity index (χ3v) is 7.25. The number of aromatic nitrogens is 2. The van der Waals surface area contributed by atoms with E-state index in [-0.39, 0.29) is 28.9 Å². The quantitative estimate of drug-likeness (QED) is 0.391. The fourth-order valence-electron chi connectivity index (χ4n) is 4.56. The highest BCUT2D eigenvalue weighted by Gasteiger charge is 2.30. The molecule has 0 radical (unpaired) electrons. The Labute approximate surface area is 231 Å². The zero-order valence-electron chi connectivity index (χ0n) is 22.2. The summed E-state index contributed by atoms with van der Waals surface area (Å²) in [6.07, 6.45) is 5.81. The zero-order chi connectivity index (χ0) is 28.1. The highest BCUT2D eigenvalue weighted by Crippen LogP contribution is 2.28. The molecule has 210 valence electrons. The molecule has 1 N–H and O–H groups in total. The van der Waals surface area contributed by atoms with Crippen molar-refractivity contribution in [3.63, 3.8) is 0 Å². The Morgan fingerprint density at radius 2 is 1.95 bits per heavy atom. The number of hydrogen-bond acceptors (Lipinski definition) is 11. The number of hydrogen-bond donors (Lipinski definition) is 2. The van der Waals surface area contributed by atoms with Crippen molar-refractivity contribution in [1.82, 2.24) is 20.2 Å². The summed E-state index contributed by atoms with van der Waals surface area (Å²) in [4.78, 5) is 31.9. The standard InChI is InChI=1S/C26H32F2N6O4S/c1-14-11-34(12-21(39)15(2)32-14)22-7-16(5-6-29-22)33-26-30-9-17(10-31-26)38-13-19-23(27)18(25(35)37-4)8-20(36-3)24(19)28/h6,8-10,14-15,21-22,32,39H,5,7,11-13H2,1-4H3. The highest BCUT2D eigenvalue weighted by atomic mass is 32.1. The van der Waals surface area contributed by atoms with Crippen molar-refractivity contribution in [3.05, 3.63) is 41.2 Å². The highest BCUT2D eigenvalue weighted by molar-refractivity contribution is 7.81. The molecule has 0 saturated carbocycles. The van der Waals surface area contributed by atoms with Gasteiger partial charge in [0.15, 0.2) is 17.3 Å². The van der Waals surface area contributed by atoms with Crippen molar-refractivity contribution in [3.8, 4) is 11.5 Å². The summed E-state index contributed by atoms with van der Waals surface area (Å²) in [5, 5.41) is 3.75. The summed E-state index contributed by atoms with van der Waals surface area (Å²) in [5.41, 5.74) is -0.0490. The lowest BCUT2D eigenvalue weighted by Crippen LogP contribution is -2.43. The van der Waals surface area contributed by atoms with E-state index in [9.17, 15) is 13.6 Å². The van der Waals surface area contributed by atoms with Crippen LogP contribution in [0.15, 0.2) is 28.4 Å². The molecule has 1 aromatic heterocycles. The molecule has 1 aromatic carbocycles. The number of thiol groups is 1. The number of ether oxygens (including phenoxy) is 3. The third kappa shape index (κ3) is 6.89. The van der Waals surface area contributed by atoms with Gasteiger partial charge in [0.25, 0.3) is 0 Å². The van der Waals surface area contributed by atoms with Crippen LogP contribution >= 0.6 is 12.6 Å². The first-order valence-corrected chi connectivity index (χ1v) is 13.1. The van der Waals surface area contributed by atoms with Crippen molar-refractivity contribution < 1.29 is 27.8 Å². The van der Waals surface area contributed by atoms with Gasteiger partial charge in [0.2, 0.25) is 5.95 Å². The second-order valence-corrected chi connectivity index (χ2v) is 10.2. The Hall–Kier alpha value is -3.16. The Morgan fingerprint density at radius 3 is 2.64 bits per heavy atom. The Balaban J connectivity index is 1.43. The minimum Gasteiger partial charge on any atom is -0.494 e. The number of halogens is 2. The molecular formula is C26H32F2N6O4S. The lowest BCUT2D eigenvalue weighted by molar-refractivity contribution is 0.0594. The molecule has 4 unspecified atom stereocenters. The predicted molar refractivity (Wildman–Crippen MR) is 146 cm³/mol. The maximum absolute atomic E-state index is 14.8. The molecule has 2 aromatic rings. The summed E-state index contributed by atoms with van der Waals surface area (Å²) < 4.78 is 44.5. The Kier molecular flexibility index (Phi) is 9.46. The molecule has 2 aliphatic rings. The number of carbonyl (C=O) groups is 1. The number of carbonyl (C=O) groups excluding carboxylic acids is 1. The molecule has 13 heteroatoms. The molecule has 4 atom stereocenters. The van der Waals surface area contributed by atoms with Crippen LogP contribution in [0, 0.1) is 11.6 Å². The maximum atomic E-state index is 14.8. The number of rotatable bonds is 7. The van der Waals surface area contributed by atoms with E-state index in [1.807, 2.05) is 6.21 Å². The SMILES string of the molecule is COC(=O)c1cc(OC)c(F)c(COc2cnc(N=C3CC=NC(N4CC(C)NC(C)C(S)C4)C3)nc2)c1F. The van der Waals surface area contributed by atoms with E-state index in [0.29, 0.717) is 24.9 Å².